The Bertz CT molecular complexity index is 343. The number of nitrogens with two attached hydrogens (primary N) is 1. The van der Waals surface area contributed by atoms with Gasteiger partial charge < -0.3 is 11.1 Å². The van der Waals surface area contributed by atoms with Gasteiger partial charge in [0, 0.05) is 12.6 Å². The number of halogens is 1. The first-order valence-electron chi connectivity index (χ1n) is 5.35. The molecule has 0 unspecified atom stereocenters. The highest BCUT2D eigenvalue weighted by atomic mass is 35.5. The zero-order valence-electron chi connectivity index (χ0n) is 10.2. The van der Waals surface area contributed by atoms with Gasteiger partial charge in [-0.15, -0.1) is 0 Å². The Hall–Kier alpha value is -1.03. The minimum absolute atomic E-state index is 0.187. The van der Waals surface area contributed by atoms with Crippen molar-refractivity contribution >= 4 is 23.4 Å². The largest absolute Gasteiger partial charge is 0.369 e. The summed E-state index contributed by atoms with van der Waals surface area (Å²) in [6, 6.07) is 1.67. The van der Waals surface area contributed by atoms with Gasteiger partial charge in [0.25, 0.3) is 0 Å². The Balaban J connectivity index is 2.68. The quantitative estimate of drug-likeness (QED) is 0.797. The minimum Gasteiger partial charge on any atom is -0.369 e. The first-order chi connectivity index (χ1) is 7.31. The van der Waals surface area contributed by atoms with Gasteiger partial charge in [0.2, 0.25) is 5.95 Å². The summed E-state index contributed by atoms with van der Waals surface area (Å²) in [7, 11) is 0. The van der Waals surface area contributed by atoms with Crippen LogP contribution in [0.3, 0.4) is 0 Å². The van der Waals surface area contributed by atoms with Crippen molar-refractivity contribution in [3.8, 4) is 0 Å². The molecule has 0 spiro atoms. The molecular formula is C11H19ClN4. The molecule has 1 heterocycles. The first kappa shape index (κ1) is 13.0. The van der Waals surface area contributed by atoms with E-state index in [0.717, 1.165) is 6.54 Å². The molecular weight excluding hydrogens is 224 g/mol. The van der Waals surface area contributed by atoms with E-state index in [1.54, 1.807) is 6.07 Å². The van der Waals surface area contributed by atoms with E-state index in [-0.39, 0.29) is 11.4 Å². The first-order valence-corrected chi connectivity index (χ1v) is 5.73. The third-order valence-electron chi connectivity index (χ3n) is 3.00. The van der Waals surface area contributed by atoms with E-state index < -0.39 is 0 Å². The van der Waals surface area contributed by atoms with Crippen molar-refractivity contribution < 1.29 is 0 Å². The smallest absolute Gasteiger partial charge is 0.223 e. The number of nitrogen functional groups attached to an aromatic ring is 1. The van der Waals surface area contributed by atoms with Crippen LogP contribution in [0.15, 0.2) is 6.07 Å². The van der Waals surface area contributed by atoms with Crippen molar-refractivity contribution in [1.29, 1.82) is 0 Å². The van der Waals surface area contributed by atoms with E-state index in [9.17, 15) is 0 Å². The highest BCUT2D eigenvalue weighted by Crippen LogP contribution is 2.26. The lowest BCUT2D eigenvalue weighted by Crippen LogP contribution is -2.28. The molecule has 3 N–H and O–H groups in total. The molecule has 1 aromatic heterocycles. The molecule has 0 aliphatic rings. The van der Waals surface area contributed by atoms with Gasteiger partial charge in [0.05, 0.1) is 0 Å². The van der Waals surface area contributed by atoms with Gasteiger partial charge in [-0.05, 0) is 11.3 Å². The van der Waals surface area contributed by atoms with Gasteiger partial charge in [-0.3, -0.25) is 0 Å². The fourth-order valence-corrected chi connectivity index (χ4v) is 1.24. The Kier molecular flexibility index (Phi) is 3.97. The van der Waals surface area contributed by atoms with Crippen molar-refractivity contribution in [3.05, 3.63) is 11.2 Å². The Morgan fingerprint density at radius 2 is 2.06 bits per heavy atom. The van der Waals surface area contributed by atoms with Gasteiger partial charge in [0.15, 0.2) is 0 Å². The lowest BCUT2D eigenvalue weighted by atomic mass is 9.81. The van der Waals surface area contributed by atoms with Crippen molar-refractivity contribution in [2.24, 2.45) is 11.3 Å². The van der Waals surface area contributed by atoms with E-state index in [1.807, 2.05) is 0 Å². The SMILES string of the molecule is CC(C)C(C)(C)CNc1cc(Cl)nc(N)n1. The molecule has 90 valence electrons. The molecule has 0 aliphatic heterocycles. The third kappa shape index (κ3) is 3.52. The Labute approximate surface area is 102 Å². The van der Waals surface area contributed by atoms with Crippen LogP contribution >= 0.6 is 11.6 Å². The van der Waals surface area contributed by atoms with Gasteiger partial charge in [-0.1, -0.05) is 39.3 Å². The van der Waals surface area contributed by atoms with E-state index >= 15 is 0 Å². The molecule has 16 heavy (non-hydrogen) atoms. The predicted octanol–water partition coefficient (Wildman–Crippen LogP) is 2.81. The molecule has 0 amide bonds. The van der Waals surface area contributed by atoms with Crippen LogP contribution in [0, 0.1) is 11.3 Å². The average molecular weight is 243 g/mol. The summed E-state index contributed by atoms with van der Waals surface area (Å²) >= 11 is 5.79. The van der Waals surface area contributed by atoms with Crippen LogP contribution < -0.4 is 11.1 Å². The summed E-state index contributed by atoms with van der Waals surface area (Å²) in [6.07, 6.45) is 0. The lowest BCUT2D eigenvalue weighted by molar-refractivity contribution is 0.269. The van der Waals surface area contributed by atoms with Crippen LogP contribution in [-0.4, -0.2) is 16.5 Å². The summed E-state index contributed by atoms with van der Waals surface area (Å²) in [4.78, 5) is 7.87. The molecule has 1 aromatic rings. The van der Waals surface area contributed by atoms with Crippen molar-refractivity contribution in [2.45, 2.75) is 27.7 Å². The van der Waals surface area contributed by atoms with Crippen LogP contribution in [0.25, 0.3) is 0 Å². The number of nitrogens with one attached hydrogen (secondary N) is 1. The van der Waals surface area contributed by atoms with Crippen LogP contribution in [0.1, 0.15) is 27.7 Å². The number of nitrogens with zero attached hydrogens (tertiary/aromatic N) is 2. The normalized spacial score (nSPS) is 11.9. The molecule has 0 saturated heterocycles. The molecule has 4 nitrogen and oxygen atoms in total. The molecule has 0 bridgehead atoms. The molecule has 0 atom stereocenters. The Morgan fingerprint density at radius 3 is 2.56 bits per heavy atom. The highest BCUT2D eigenvalue weighted by molar-refractivity contribution is 6.29. The number of hydrogen-bond donors (Lipinski definition) is 2. The standard InChI is InChI=1S/C11H19ClN4/c1-7(2)11(3,4)6-14-9-5-8(12)15-10(13)16-9/h5,7H,6H2,1-4H3,(H3,13,14,15,16). The van der Waals surface area contributed by atoms with Crippen LogP contribution in [-0.2, 0) is 0 Å². The minimum atomic E-state index is 0.187. The lowest BCUT2D eigenvalue weighted by Gasteiger charge is -2.29. The number of anilines is 2. The van der Waals surface area contributed by atoms with Gasteiger partial charge >= 0.3 is 0 Å². The zero-order valence-corrected chi connectivity index (χ0v) is 11.0. The van der Waals surface area contributed by atoms with Crippen molar-refractivity contribution in [2.75, 3.05) is 17.6 Å². The third-order valence-corrected chi connectivity index (χ3v) is 3.19. The average Bonchev–Trinajstić information content (AvgIpc) is 2.13. The predicted molar refractivity (Wildman–Crippen MR) is 68.6 cm³/mol. The topological polar surface area (TPSA) is 63.8 Å². The fourth-order valence-electron chi connectivity index (χ4n) is 1.05. The summed E-state index contributed by atoms with van der Waals surface area (Å²) in [6.45, 7) is 9.62. The monoisotopic (exact) mass is 242 g/mol. The Morgan fingerprint density at radius 1 is 1.44 bits per heavy atom. The van der Waals surface area contributed by atoms with E-state index in [2.05, 4.69) is 43.0 Å². The van der Waals surface area contributed by atoms with Crippen LogP contribution in [0.2, 0.25) is 5.15 Å². The summed E-state index contributed by atoms with van der Waals surface area (Å²) in [5.41, 5.74) is 5.70. The molecule has 1 rings (SSSR count). The maximum atomic E-state index is 5.79. The summed E-state index contributed by atoms with van der Waals surface area (Å²) < 4.78 is 0. The number of aromatic nitrogens is 2. The van der Waals surface area contributed by atoms with Crippen LogP contribution in [0.4, 0.5) is 11.8 Å². The number of hydrogen-bond acceptors (Lipinski definition) is 4. The molecule has 0 fully saturated rings. The van der Waals surface area contributed by atoms with Crippen molar-refractivity contribution in [3.63, 3.8) is 0 Å². The molecule has 0 aromatic carbocycles. The van der Waals surface area contributed by atoms with Gasteiger partial charge in [0.1, 0.15) is 11.0 Å². The maximum Gasteiger partial charge on any atom is 0.223 e. The highest BCUT2D eigenvalue weighted by Gasteiger charge is 2.22. The molecule has 0 radical (unpaired) electrons. The molecule has 5 heteroatoms. The number of rotatable bonds is 4. The second kappa shape index (κ2) is 4.87. The summed E-state index contributed by atoms with van der Waals surface area (Å²) in [5.74, 6) is 1.44. The van der Waals surface area contributed by atoms with Crippen LogP contribution in [0.5, 0.6) is 0 Å². The molecule has 0 aliphatic carbocycles. The fraction of sp³-hybridized carbons (Fsp3) is 0.636. The van der Waals surface area contributed by atoms with Gasteiger partial charge in [-0.2, -0.15) is 4.98 Å². The van der Waals surface area contributed by atoms with E-state index in [4.69, 9.17) is 17.3 Å². The van der Waals surface area contributed by atoms with Crippen molar-refractivity contribution in [1.82, 2.24) is 9.97 Å². The van der Waals surface area contributed by atoms with E-state index in [1.165, 1.54) is 0 Å². The maximum absolute atomic E-state index is 5.79. The second-order valence-corrected chi connectivity index (χ2v) is 5.32. The van der Waals surface area contributed by atoms with E-state index in [0.29, 0.717) is 16.9 Å². The second-order valence-electron chi connectivity index (χ2n) is 4.93. The van der Waals surface area contributed by atoms with Gasteiger partial charge in [-0.25, -0.2) is 4.98 Å². The zero-order chi connectivity index (χ0) is 12.3. The molecule has 0 saturated carbocycles. The summed E-state index contributed by atoms with van der Waals surface area (Å²) in [5, 5.41) is 3.59.